The van der Waals surface area contributed by atoms with Crippen LogP contribution in [0.5, 0.6) is 0 Å². The van der Waals surface area contributed by atoms with Crippen LogP contribution in [0.3, 0.4) is 0 Å². The standard InChI is InChI=1S/C22H15ClN6O3S/c23-17-6-5-14(29(31)32)11-20(17)26-22(33)28-27-21(30)16-12-19(13-7-9-24-10-8-13)25-18-4-2-1-3-15(16)18/h1-12H,(H,27,30)(H2,26,28,33). The van der Waals surface area contributed by atoms with E-state index in [1.165, 1.54) is 18.2 Å². The maximum absolute atomic E-state index is 13.0. The summed E-state index contributed by atoms with van der Waals surface area (Å²) >= 11 is 11.3. The van der Waals surface area contributed by atoms with E-state index in [-0.39, 0.29) is 21.5 Å². The SMILES string of the molecule is O=C(NNC(=S)Nc1cc([N+](=O)[O-])ccc1Cl)c1cc(-c2ccncc2)nc2ccccc12. The fourth-order valence-corrected chi connectivity index (χ4v) is 3.42. The number of pyridine rings is 2. The smallest absolute Gasteiger partial charge is 0.271 e. The van der Waals surface area contributed by atoms with Crippen LogP contribution < -0.4 is 16.2 Å². The molecule has 2 aromatic heterocycles. The summed E-state index contributed by atoms with van der Waals surface area (Å²) in [5, 5.41) is 14.6. The summed E-state index contributed by atoms with van der Waals surface area (Å²) in [6.07, 6.45) is 3.30. The second-order valence-corrected chi connectivity index (χ2v) is 7.58. The minimum Gasteiger partial charge on any atom is -0.330 e. The Balaban J connectivity index is 1.54. The summed E-state index contributed by atoms with van der Waals surface area (Å²) < 4.78 is 0. The zero-order chi connectivity index (χ0) is 23.4. The Bertz CT molecular complexity index is 1380. The summed E-state index contributed by atoms with van der Waals surface area (Å²) in [7, 11) is 0. The highest BCUT2D eigenvalue weighted by Gasteiger charge is 2.15. The number of nitrogens with zero attached hydrogens (tertiary/aromatic N) is 3. The van der Waals surface area contributed by atoms with Gasteiger partial charge < -0.3 is 5.32 Å². The highest BCUT2D eigenvalue weighted by Crippen LogP contribution is 2.27. The molecule has 11 heteroatoms. The molecule has 0 bridgehead atoms. The summed E-state index contributed by atoms with van der Waals surface area (Å²) in [6, 6.07) is 16.5. The third-order valence-electron chi connectivity index (χ3n) is 4.64. The van der Waals surface area contributed by atoms with Crippen LogP contribution >= 0.6 is 23.8 Å². The lowest BCUT2D eigenvalue weighted by atomic mass is 10.0. The largest absolute Gasteiger partial charge is 0.330 e. The number of fused-ring (bicyclic) bond motifs is 1. The minimum atomic E-state index is -0.547. The molecular formula is C22H15ClN6O3S. The third kappa shape index (κ3) is 5.03. The van der Waals surface area contributed by atoms with Crippen LogP contribution in [0, 0.1) is 10.1 Å². The van der Waals surface area contributed by atoms with Gasteiger partial charge in [0.15, 0.2) is 5.11 Å². The number of benzene rings is 2. The van der Waals surface area contributed by atoms with E-state index < -0.39 is 10.8 Å². The van der Waals surface area contributed by atoms with Gasteiger partial charge in [-0.1, -0.05) is 29.8 Å². The molecule has 0 fully saturated rings. The Kier molecular flexibility index (Phi) is 6.38. The first kappa shape index (κ1) is 22.1. The van der Waals surface area contributed by atoms with E-state index in [0.29, 0.717) is 22.2 Å². The number of carbonyl (C=O) groups is 1. The highest BCUT2D eigenvalue weighted by atomic mass is 35.5. The van der Waals surface area contributed by atoms with Crippen LogP contribution in [0.25, 0.3) is 22.2 Å². The number of thiocarbonyl (C=S) groups is 1. The van der Waals surface area contributed by atoms with Crippen LogP contribution in [0.1, 0.15) is 10.4 Å². The number of nitrogens with one attached hydrogen (secondary N) is 3. The molecule has 2 heterocycles. The Morgan fingerprint density at radius 3 is 2.55 bits per heavy atom. The van der Waals surface area contributed by atoms with Crippen LogP contribution in [-0.4, -0.2) is 25.9 Å². The number of rotatable bonds is 4. The van der Waals surface area contributed by atoms with Crippen LogP contribution in [0.15, 0.2) is 73.1 Å². The molecule has 0 spiro atoms. The van der Waals surface area contributed by atoms with E-state index in [1.54, 1.807) is 36.7 Å². The topological polar surface area (TPSA) is 122 Å². The predicted octanol–water partition coefficient (Wildman–Crippen LogP) is 4.49. The molecule has 0 aliphatic rings. The number of anilines is 1. The Labute approximate surface area is 197 Å². The third-order valence-corrected chi connectivity index (χ3v) is 5.17. The normalized spacial score (nSPS) is 10.5. The van der Waals surface area contributed by atoms with Crippen molar-refractivity contribution in [2.45, 2.75) is 0 Å². The van der Waals surface area contributed by atoms with Gasteiger partial charge in [-0.2, -0.15) is 0 Å². The number of carbonyl (C=O) groups excluding carboxylic acids is 1. The van der Waals surface area contributed by atoms with Gasteiger partial charge in [-0.05, 0) is 42.5 Å². The number of amides is 1. The number of hydrogen-bond donors (Lipinski definition) is 3. The molecule has 0 saturated heterocycles. The number of halogens is 1. The van der Waals surface area contributed by atoms with Gasteiger partial charge in [0, 0.05) is 35.5 Å². The minimum absolute atomic E-state index is 0.00142. The highest BCUT2D eigenvalue weighted by molar-refractivity contribution is 7.80. The molecule has 4 rings (SSSR count). The molecule has 0 saturated carbocycles. The van der Waals surface area contributed by atoms with E-state index in [9.17, 15) is 14.9 Å². The lowest BCUT2D eigenvalue weighted by Gasteiger charge is -2.14. The Morgan fingerprint density at radius 1 is 1.03 bits per heavy atom. The summed E-state index contributed by atoms with van der Waals surface area (Å²) in [6.45, 7) is 0. The van der Waals surface area contributed by atoms with Crippen molar-refractivity contribution >= 4 is 57.1 Å². The summed E-state index contributed by atoms with van der Waals surface area (Å²) in [4.78, 5) is 32.1. The van der Waals surface area contributed by atoms with Crippen LogP contribution in [0.2, 0.25) is 5.02 Å². The number of nitro benzene ring substituents is 1. The molecule has 0 aliphatic heterocycles. The molecule has 0 radical (unpaired) electrons. The molecule has 0 aliphatic carbocycles. The van der Waals surface area contributed by atoms with E-state index in [0.717, 1.165) is 5.56 Å². The van der Waals surface area contributed by atoms with E-state index in [2.05, 4.69) is 26.1 Å². The Hall–Kier alpha value is -4.15. The number of para-hydroxylation sites is 1. The first-order valence-electron chi connectivity index (χ1n) is 9.54. The second-order valence-electron chi connectivity index (χ2n) is 6.76. The zero-order valence-electron chi connectivity index (χ0n) is 16.8. The maximum Gasteiger partial charge on any atom is 0.271 e. The van der Waals surface area contributed by atoms with Gasteiger partial charge in [-0.15, -0.1) is 0 Å². The lowest BCUT2D eigenvalue weighted by Crippen LogP contribution is -2.43. The van der Waals surface area contributed by atoms with Gasteiger partial charge in [-0.3, -0.25) is 30.7 Å². The van der Waals surface area contributed by atoms with Crippen molar-refractivity contribution in [3.63, 3.8) is 0 Å². The van der Waals surface area contributed by atoms with Gasteiger partial charge in [0.25, 0.3) is 11.6 Å². The number of nitro groups is 1. The van der Waals surface area contributed by atoms with Crippen molar-refractivity contribution in [1.82, 2.24) is 20.8 Å². The summed E-state index contributed by atoms with van der Waals surface area (Å²) in [5.74, 6) is -0.446. The molecule has 9 nitrogen and oxygen atoms in total. The maximum atomic E-state index is 13.0. The van der Waals surface area contributed by atoms with Gasteiger partial charge >= 0.3 is 0 Å². The molecule has 3 N–H and O–H groups in total. The van der Waals surface area contributed by atoms with E-state index in [4.69, 9.17) is 23.8 Å². The van der Waals surface area contributed by atoms with Crippen LogP contribution in [0.4, 0.5) is 11.4 Å². The van der Waals surface area contributed by atoms with Gasteiger partial charge in [0.1, 0.15) is 0 Å². The van der Waals surface area contributed by atoms with Crippen molar-refractivity contribution in [1.29, 1.82) is 0 Å². The van der Waals surface area contributed by atoms with Crippen molar-refractivity contribution in [3.05, 3.63) is 93.8 Å². The second kappa shape index (κ2) is 9.55. The molecule has 4 aromatic rings. The molecule has 0 unspecified atom stereocenters. The summed E-state index contributed by atoms with van der Waals surface area (Å²) in [5.41, 5.74) is 7.67. The number of non-ortho nitro benzene ring substituents is 1. The van der Waals surface area contributed by atoms with Crippen molar-refractivity contribution in [3.8, 4) is 11.3 Å². The first-order chi connectivity index (χ1) is 15.9. The van der Waals surface area contributed by atoms with Gasteiger partial charge in [-0.25, -0.2) is 4.98 Å². The average Bonchev–Trinajstić information content (AvgIpc) is 2.83. The molecular weight excluding hydrogens is 464 g/mol. The number of hydrogen-bond acceptors (Lipinski definition) is 6. The molecule has 1 amide bonds. The predicted molar refractivity (Wildman–Crippen MR) is 130 cm³/mol. The van der Waals surface area contributed by atoms with E-state index in [1.807, 2.05) is 18.2 Å². The zero-order valence-corrected chi connectivity index (χ0v) is 18.4. The molecule has 2 aromatic carbocycles. The van der Waals surface area contributed by atoms with Crippen LogP contribution in [-0.2, 0) is 0 Å². The van der Waals surface area contributed by atoms with Crippen molar-refractivity contribution < 1.29 is 9.72 Å². The van der Waals surface area contributed by atoms with Crippen molar-refractivity contribution in [2.75, 3.05) is 5.32 Å². The lowest BCUT2D eigenvalue weighted by molar-refractivity contribution is -0.384. The molecule has 0 atom stereocenters. The quantitative estimate of drug-likeness (QED) is 0.223. The fourth-order valence-electron chi connectivity index (χ4n) is 3.09. The van der Waals surface area contributed by atoms with Gasteiger partial charge in [0.05, 0.1) is 32.4 Å². The number of hydrazine groups is 1. The molecule has 33 heavy (non-hydrogen) atoms. The monoisotopic (exact) mass is 478 g/mol. The molecule has 164 valence electrons. The fraction of sp³-hybridized carbons (Fsp3) is 0. The average molecular weight is 479 g/mol. The first-order valence-corrected chi connectivity index (χ1v) is 10.3. The Morgan fingerprint density at radius 2 is 1.79 bits per heavy atom. The van der Waals surface area contributed by atoms with Crippen molar-refractivity contribution in [2.24, 2.45) is 0 Å². The van der Waals surface area contributed by atoms with Gasteiger partial charge in [0.2, 0.25) is 0 Å². The number of aromatic nitrogens is 2. The van der Waals surface area contributed by atoms with E-state index >= 15 is 0 Å².